The highest BCUT2D eigenvalue weighted by atomic mass is 32.2. The predicted molar refractivity (Wildman–Crippen MR) is 115 cm³/mol. The van der Waals surface area contributed by atoms with Crippen molar-refractivity contribution in [3.63, 3.8) is 0 Å². The molecule has 11 nitrogen and oxygen atoms in total. The summed E-state index contributed by atoms with van der Waals surface area (Å²) in [6.07, 6.45) is 2.63. The quantitative estimate of drug-likeness (QED) is 0.403. The second-order valence-electron chi connectivity index (χ2n) is 7.88. The van der Waals surface area contributed by atoms with Crippen molar-refractivity contribution >= 4 is 50.2 Å². The van der Waals surface area contributed by atoms with E-state index in [1.807, 2.05) is 0 Å². The second-order valence-corrected chi connectivity index (χ2v) is 11.4. The van der Waals surface area contributed by atoms with E-state index in [1.165, 1.54) is 49.6 Å². The lowest BCUT2D eigenvalue weighted by Gasteiger charge is -2.37. The molecule has 2 fully saturated rings. The monoisotopic (exact) mass is 477 g/mol. The Balaban J connectivity index is 1.58. The number of amides is 2. The topological polar surface area (TPSA) is 173 Å². The van der Waals surface area contributed by atoms with Gasteiger partial charge in [-0.2, -0.15) is 0 Å². The van der Waals surface area contributed by atoms with Gasteiger partial charge in [-0.15, -0.1) is 11.3 Å². The number of carbonyl (C=O) groups excluding carboxylic acids is 2. The first-order chi connectivity index (χ1) is 14.9. The van der Waals surface area contributed by atoms with Gasteiger partial charge in [-0.25, -0.2) is 18.2 Å². The maximum absolute atomic E-state index is 12.9. The van der Waals surface area contributed by atoms with E-state index in [-0.39, 0.29) is 23.4 Å². The van der Waals surface area contributed by atoms with Crippen molar-refractivity contribution in [1.82, 2.24) is 20.2 Å². The third kappa shape index (κ3) is 3.24. The largest absolute Gasteiger partial charge is 0.480 e. The molecule has 4 N–H and O–H groups in total. The maximum atomic E-state index is 12.9. The molecule has 4 rings (SSSR count). The van der Waals surface area contributed by atoms with Crippen molar-refractivity contribution in [2.75, 3.05) is 5.73 Å². The molecule has 0 spiro atoms. The smallest absolute Gasteiger partial charge is 0.328 e. The van der Waals surface area contributed by atoms with Gasteiger partial charge in [-0.1, -0.05) is 0 Å². The number of rotatable bonds is 5. The van der Waals surface area contributed by atoms with Gasteiger partial charge >= 0.3 is 5.97 Å². The number of aromatic nitrogens is 2. The Bertz CT molecular complexity index is 1280. The minimum absolute atomic E-state index is 0.0789. The van der Waals surface area contributed by atoms with Gasteiger partial charge < -0.3 is 21.1 Å². The summed E-state index contributed by atoms with van der Waals surface area (Å²) < 4.78 is 24.2. The standard InChI is InChI=1S/C19H19N5O6S2/c1-19(2)13(17(27)28)24-15(26)12(16(24)32(19,29)30)6-10-5-9(3-4-21-10)14(25)22-7-11-8-31-18(20)23-11/h3-6,8,13,16H,7H2,1-2H3,(H2,20,23)(H,22,25)(H,27,28)/t13-,16+/m0/s1. The van der Waals surface area contributed by atoms with Crippen LogP contribution < -0.4 is 11.1 Å². The average molecular weight is 478 g/mol. The number of carboxylic acid groups (broad SMARTS) is 1. The Labute approximate surface area is 186 Å². The van der Waals surface area contributed by atoms with Crippen molar-refractivity contribution in [2.24, 2.45) is 0 Å². The Morgan fingerprint density at radius 1 is 1.41 bits per heavy atom. The van der Waals surface area contributed by atoms with Crippen LogP contribution in [0.4, 0.5) is 5.13 Å². The lowest BCUT2D eigenvalue weighted by atomic mass is 9.95. The van der Waals surface area contributed by atoms with Gasteiger partial charge in [0, 0.05) is 17.1 Å². The number of nitrogens with two attached hydrogens (primary N) is 1. The van der Waals surface area contributed by atoms with E-state index in [0.717, 1.165) is 4.90 Å². The highest BCUT2D eigenvalue weighted by Crippen LogP contribution is 2.48. The number of pyridine rings is 1. The number of fused-ring (bicyclic) bond motifs is 1. The van der Waals surface area contributed by atoms with Gasteiger partial charge in [-0.05, 0) is 32.1 Å². The molecule has 168 valence electrons. The first-order valence-electron chi connectivity index (χ1n) is 9.40. The van der Waals surface area contributed by atoms with Crippen LogP contribution in [-0.2, 0) is 26.0 Å². The van der Waals surface area contributed by atoms with Crippen LogP contribution in [0.3, 0.4) is 0 Å². The number of nitrogens with one attached hydrogen (secondary N) is 1. The number of hydrogen-bond acceptors (Lipinski definition) is 9. The third-order valence-corrected chi connectivity index (χ3v) is 9.03. The number of β-lactam (4-membered cyclic amide) rings is 1. The van der Waals surface area contributed by atoms with Crippen molar-refractivity contribution in [3.05, 3.63) is 46.2 Å². The molecule has 0 aromatic carbocycles. The fraction of sp³-hybridized carbons (Fsp3) is 0.316. The predicted octanol–water partition coefficient (Wildman–Crippen LogP) is 0.262. The second kappa shape index (κ2) is 7.38. The summed E-state index contributed by atoms with van der Waals surface area (Å²) in [5, 5.41) is 12.9. The van der Waals surface area contributed by atoms with Crippen molar-refractivity contribution in [3.8, 4) is 0 Å². The van der Waals surface area contributed by atoms with Gasteiger partial charge in [0.25, 0.3) is 11.8 Å². The number of thiazole rings is 1. The van der Waals surface area contributed by atoms with Gasteiger partial charge in [-0.3, -0.25) is 14.6 Å². The number of nitrogens with zero attached hydrogens (tertiary/aromatic N) is 3. The van der Waals surface area contributed by atoms with Crippen LogP contribution in [0.15, 0.2) is 29.3 Å². The van der Waals surface area contributed by atoms with Crippen molar-refractivity contribution in [1.29, 1.82) is 0 Å². The molecular weight excluding hydrogens is 458 g/mol. The number of carboxylic acids is 1. The van der Waals surface area contributed by atoms with Crippen LogP contribution >= 0.6 is 11.3 Å². The summed E-state index contributed by atoms with van der Waals surface area (Å²) in [6, 6.07) is 1.40. The molecule has 0 unspecified atom stereocenters. The van der Waals surface area contributed by atoms with Gasteiger partial charge in [0.1, 0.15) is 4.75 Å². The fourth-order valence-electron chi connectivity index (χ4n) is 3.85. The molecule has 2 aliphatic rings. The zero-order chi connectivity index (χ0) is 23.4. The van der Waals surface area contributed by atoms with E-state index in [2.05, 4.69) is 15.3 Å². The average Bonchev–Trinajstić information content (AvgIpc) is 3.20. The Morgan fingerprint density at radius 2 is 2.12 bits per heavy atom. The molecule has 2 aromatic heterocycles. The minimum atomic E-state index is -3.99. The van der Waals surface area contributed by atoms with Crippen LogP contribution in [0.2, 0.25) is 0 Å². The molecule has 0 saturated carbocycles. The van der Waals surface area contributed by atoms with Crippen LogP contribution in [0.5, 0.6) is 0 Å². The fourth-order valence-corrected chi connectivity index (χ4v) is 6.53. The number of aliphatic carboxylic acids is 1. The number of hydrogen-bond donors (Lipinski definition) is 3. The molecule has 2 aromatic rings. The number of nitrogen functional groups attached to an aromatic ring is 1. The van der Waals surface area contributed by atoms with Crippen LogP contribution in [0, 0.1) is 0 Å². The lowest BCUT2D eigenvalue weighted by Crippen LogP contribution is -2.58. The molecule has 0 bridgehead atoms. The molecule has 2 saturated heterocycles. The van der Waals surface area contributed by atoms with E-state index in [4.69, 9.17) is 5.73 Å². The molecule has 32 heavy (non-hydrogen) atoms. The molecule has 2 atom stereocenters. The highest BCUT2D eigenvalue weighted by molar-refractivity contribution is 7.94. The first kappa shape index (κ1) is 21.9. The summed E-state index contributed by atoms with van der Waals surface area (Å²) in [5.41, 5.74) is 6.54. The summed E-state index contributed by atoms with van der Waals surface area (Å²) in [7, 11) is -3.99. The van der Waals surface area contributed by atoms with E-state index in [0.29, 0.717) is 10.8 Å². The molecule has 2 amide bonds. The molecular formula is C19H19N5O6S2. The number of sulfone groups is 1. The van der Waals surface area contributed by atoms with Crippen molar-refractivity contribution in [2.45, 2.75) is 36.6 Å². The highest BCUT2D eigenvalue weighted by Gasteiger charge is 2.70. The Hall–Kier alpha value is -3.32. The lowest BCUT2D eigenvalue weighted by molar-refractivity contribution is -0.152. The van der Waals surface area contributed by atoms with E-state index >= 15 is 0 Å². The van der Waals surface area contributed by atoms with Gasteiger partial charge in [0.05, 0.1) is 23.5 Å². The van der Waals surface area contributed by atoms with E-state index < -0.39 is 43.8 Å². The minimum Gasteiger partial charge on any atom is -0.480 e. The zero-order valence-electron chi connectivity index (χ0n) is 17.0. The molecule has 2 aliphatic heterocycles. The van der Waals surface area contributed by atoms with Crippen LogP contribution in [0.1, 0.15) is 35.6 Å². The maximum Gasteiger partial charge on any atom is 0.328 e. The Kier molecular flexibility index (Phi) is 5.05. The SMILES string of the molecule is CC1(C)[C@H](C(=O)O)N2C(=O)C(=Cc3cc(C(=O)NCc4csc(N)n4)ccn3)[C@H]2S1(=O)=O. The summed E-state index contributed by atoms with van der Waals surface area (Å²) >= 11 is 1.26. The molecule has 0 aliphatic carbocycles. The Morgan fingerprint density at radius 3 is 2.75 bits per heavy atom. The van der Waals surface area contributed by atoms with Gasteiger partial charge in [0.2, 0.25) is 0 Å². The van der Waals surface area contributed by atoms with Crippen molar-refractivity contribution < 1.29 is 27.9 Å². The van der Waals surface area contributed by atoms with Crippen LogP contribution in [0.25, 0.3) is 6.08 Å². The van der Waals surface area contributed by atoms with E-state index in [1.54, 1.807) is 5.38 Å². The summed E-state index contributed by atoms with van der Waals surface area (Å²) in [4.78, 5) is 45.7. The summed E-state index contributed by atoms with van der Waals surface area (Å²) in [5.74, 6) is -2.48. The number of carbonyl (C=O) groups is 3. The summed E-state index contributed by atoms with van der Waals surface area (Å²) in [6.45, 7) is 2.76. The zero-order valence-corrected chi connectivity index (χ0v) is 18.6. The molecule has 0 radical (unpaired) electrons. The van der Waals surface area contributed by atoms with E-state index in [9.17, 15) is 27.9 Å². The van der Waals surface area contributed by atoms with Crippen LogP contribution in [-0.4, -0.2) is 62.3 Å². The molecule has 4 heterocycles. The third-order valence-electron chi connectivity index (χ3n) is 5.54. The molecule has 13 heteroatoms. The first-order valence-corrected chi connectivity index (χ1v) is 11.8. The van der Waals surface area contributed by atoms with Gasteiger partial charge in [0.15, 0.2) is 26.4 Å². The number of anilines is 1. The normalized spacial score (nSPS) is 24.1.